The highest BCUT2D eigenvalue weighted by atomic mass is 16.5. The molecule has 4 N–H and O–H groups in total. The molecule has 0 saturated heterocycles. The molecule has 0 aliphatic rings. The highest BCUT2D eigenvalue weighted by Crippen LogP contribution is 2.19. The summed E-state index contributed by atoms with van der Waals surface area (Å²) in [7, 11) is 0. The molecule has 0 fully saturated rings. The number of hydrogen-bond acceptors (Lipinski definition) is 4. The number of nitrogens with one attached hydrogen (secondary N) is 2. The standard InChI is InChI=1S/C16H27N3O2/c1-4-18-16(20)13-5-6-14(17)15(11-13)19-8-10-21-9-7-12(2)3/h5-6,11-12,19H,4,7-10,17H2,1-3H3,(H,18,20). The smallest absolute Gasteiger partial charge is 0.251 e. The molecular formula is C16H27N3O2. The Morgan fingerprint density at radius 2 is 2.10 bits per heavy atom. The second-order valence-electron chi connectivity index (χ2n) is 5.38. The summed E-state index contributed by atoms with van der Waals surface area (Å²) in [6.07, 6.45) is 1.06. The van der Waals surface area contributed by atoms with Gasteiger partial charge in [-0.15, -0.1) is 0 Å². The zero-order valence-corrected chi connectivity index (χ0v) is 13.2. The first-order valence-electron chi connectivity index (χ1n) is 7.54. The molecule has 0 aliphatic heterocycles. The molecule has 1 aromatic rings. The number of ether oxygens (including phenoxy) is 1. The van der Waals surface area contributed by atoms with Gasteiger partial charge < -0.3 is 21.1 Å². The first-order chi connectivity index (χ1) is 10.0. The molecule has 21 heavy (non-hydrogen) atoms. The maximum atomic E-state index is 11.8. The van der Waals surface area contributed by atoms with Crippen LogP contribution >= 0.6 is 0 Å². The van der Waals surface area contributed by atoms with Crippen molar-refractivity contribution >= 4 is 17.3 Å². The molecule has 0 heterocycles. The summed E-state index contributed by atoms with van der Waals surface area (Å²) in [5.41, 5.74) is 7.91. The van der Waals surface area contributed by atoms with E-state index < -0.39 is 0 Å². The fraction of sp³-hybridized carbons (Fsp3) is 0.562. The van der Waals surface area contributed by atoms with Crippen molar-refractivity contribution < 1.29 is 9.53 Å². The van der Waals surface area contributed by atoms with Crippen LogP contribution in [-0.2, 0) is 4.74 Å². The molecule has 118 valence electrons. The fourth-order valence-electron chi connectivity index (χ4n) is 1.79. The Hall–Kier alpha value is -1.75. The third-order valence-electron chi connectivity index (χ3n) is 3.05. The number of anilines is 2. The Morgan fingerprint density at radius 1 is 1.33 bits per heavy atom. The van der Waals surface area contributed by atoms with Crippen molar-refractivity contribution in [2.24, 2.45) is 5.92 Å². The second-order valence-corrected chi connectivity index (χ2v) is 5.38. The Bertz CT molecular complexity index is 447. The maximum Gasteiger partial charge on any atom is 0.251 e. The number of carbonyl (C=O) groups excluding carboxylic acids is 1. The topological polar surface area (TPSA) is 76.4 Å². The third-order valence-corrected chi connectivity index (χ3v) is 3.05. The molecule has 0 aromatic heterocycles. The van der Waals surface area contributed by atoms with Gasteiger partial charge in [0.05, 0.1) is 18.0 Å². The van der Waals surface area contributed by atoms with Crippen LogP contribution in [0.4, 0.5) is 11.4 Å². The van der Waals surface area contributed by atoms with Crippen molar-refractivity contribution in [3.8, 4) is 0 Å². The number of carbonyl (C=O) groups is 1. The van der Waals surface area contributed by atoms with Gasteiger partial charge in [-0.2, -0.15) is 0 Å². The average molecular weight is 293 g/mol. The summed E-state index contributed by atoms with van der Waals surface area (Å²) < 4.78 is 5.54. The normalized spacial score (nSPS) is 10.7. The molecule has 0 saturated carbocycles. The van der Waals surface area contributed by atoms with E-state index in [0.717, 1.165) is 18.7 Å². The number of nitrogen functional groups attached to an aromatic ring is 1. The molecule has 5 heteroatoms. The van der Waals surface area contributed by atoms with Gasteiger partial charge in [0.1, 0.15) is 0 Å². The van der Waals surface area contributed by atoms with Crippen LogP contribution in [0.3, 0.4) is 0 Å². The van der Waals surface area contributed by atoms with Gasteiger partial charge in [-0.05, 0) is 37.5 Å². The minimum atomic E-state index is -0.0891. The van der Waals surface area contributed by atoms with Crippen LogP contribution in [0.5, 0.6) is 0 Å². The van der Waals surface area contributed by atoms with E-state index in [-0.39, 0.29) is 5.91 Å². The van der Waals surface area contributed by atoms with Crippen LogP contribution in [0.1, 0.15) is 37.6 Å². The summed E-state index contributed by atoms with van der Waals surface area (Å²) in [6.45, 7) is 8.91. The van der Waals surface area contributed by atoms with Gasteiger partial charge in [-0.3, -0.25) is 4.79 Å². The van der Waals surface area contributed by atoms with Crippen molar-refractivity contribution in [2.45, 2.75) is 27.2 Å². The average Bonchev–Trinajstić information content (AvgIpc) is 2.44. The van der Waals surface area contributed by atoms with E-state index in [9.17, 15) is 4.79 Å². The van der Waals surface area contributed by atoms with Crippen molar-refractivity contribution in [3.05, 3.63) is 23.8 Å². The third kappa shape index (κ3) is 6.49. The molecular weight excluding hydrogens is 266 g/mol. The van der Waals surface area contributed by atoms with Gasteiger partial charge in [0.15, 0.2) is 0 Å². The van der Waals surface area contributed by atoms with Gasteiger partial charge in [-0.1, -0.05) is 13.8 Å². The number of nitrogens with two attached hydrogens (primary N) is 1. The van der Waals surface area contributed by atoms with E-state index in [2.05, 4.69) is 24.5 Å². The SMILES string of the molecule is CCNC(=O)c1ccc(N)c(NCCOCCC(C)C)c1. The van der Waals surface area contributed by atoms with Gasteiger partial charge >= 0.3 is 0 Å². The Labute approximate surface area is 127 Å². The molecule has 5 nitrogen and oxygen atoms in total. The van der Waals surface area contributed by atoms with Gasteiger partial charge in [0.2, 0.25) is 0 Å². The Morgan fingerprint density at radius 3 is 2.76 bits per heavy atom. The van der Waals surface area contributed by atoms with Crippen LogP contribution in [0.15, 0.2) is 18.2 Å². The van der Waals surface area contributed by atoms with E-state index in [4.69, 9.17) is 10.5 Å². The van der Waals surface area contributed by atoms with E-state index in [1.165, 1.54) is 0 Å². The molecule has 0 bridgehead atoms. The van der Waals surface area contributed by atoms with Crippen molar-refractivity contribution in [1.82, 2.24) is 5.32 Å². The zero-order valence-electron chi connectivity index (χ0n) is 13.2. The van der Waals surface area contributed by atoms with E-state index in [1.54, 1.807) is 18.2 Å². The molecule has 0 unspecified atom stereocenters. The highest BCUT2D eigenvalue weighted by Gasteiger charge is 2.07. The molecule has 0 atom stereocenters. The minimum absolute atomic E-state index is 0.0891. The summed E-state index contributed by atoms with van der Waals surface area (Å²) in [4.78, 5) is 11.8. The maximum absolute atomic E-state index is 11.8. The van der Waals surface area contributed by atoms with Gasteiger partial charge in [-0.25, -0.2) is 0 Å². The first kappa shape index (κ1) is 17.3. The van der Waals surface area contributed by atoms with Crippen LogP contribution in [0.2, 0.25) is 0 Å². The monoisotopic (exact) mass is 293 g/mol. The number of benzene rings is 1. The summed E-state index contributed by atoms with van der Waals surface area (Å²) in [5.74, 6) is 0.566. The van der Waals surface area contributed by atoms with E-state index in [0.29, 0.717) is 36.9 Å². The molecule has 1 aromatic carbocycles. The molecule has 0 radical (unpaired) electrons. The minimum Gasteiger partial charge on any atom is -0.397 e. The number of amides is 1. The van der Waals surface area contributed by atoms with Gasteiger partial charge in [0, 0.05) is 25.3 Å². The van der Waals surface area contributed by atoms with Crippen LogP contribution in [-0.4, -0.2) is 32.2 Å². The lowest BCUT2D eigenvalue weighted by molar-refractivity contribution is 0.0956. The second kappa shape index (κ2) is 9.23. The lowest BCUT2D eigenvalue weighted by atomic mass is 10.1. The van der Waals surface area contributed by atoms with Gasteiger partial charge in [0.25, 0.3) is 5.91 Å². The van der Waals surface area contributed by atoms with E-state index in [1.807, 2.05) is 6.92 Å². The summed E-state index contributed by atoms with van der Waals surface area (Å²) >= 11 is 0. The number of rotatable bonds is 9. The van der Waals surface area contributed by atoms with Crippen molar-refractivity contribution in [1.29, 1.82) is 0 Å². The molecule has 0 aliphatic carbocycles. The first-order valence-corrected chi connectivity index (χ1v) is 7.54. The predicted molar refractivity (Wildman–Crippen MR) is 87.6 cm³/mol. The summed E-state index contributed by atoms with van der Waals surface area (Å²) in [6, 6.07) is 5.24. The van der Waals surface area contributed by atoms with Crippen molar-refractivity contribution in [3.63, 3.8) is 0 Å². The summed E-state index contributed by atoms with van der Waals surface area (Å²) in [5, 5.41) is 5.98. The fourth-order valence-corrected chi connectivity index (χ4v) is 1.79. The largest absolute Gasteiger partial charge is 0.397 e. The number of hydrogen-bond donors (Lipinski definition) is 3. The quantitative estimate of drug-likeness (QED) is 0.483. The molecule has 1 amide bonds. The molecule has 0 spiro atoms. The predicted octanol–water partition coefficient (Wildman–Crippen LogP) is 2.49. The van der Waals surface area contributed by atoms with Crippen molar-refractivity contribution in [2.75, 3.05) is 37.4 Å². The zero-order chi connectivity index (χ0) is 15.7. The Balaban J connectivity index is 2.43. The van der Waals surface area contributed by atoms with Crippen LogP contribution in [0, 0.1) is 5.92 Å². The molecule has 1 rings (SSSR count). The van der Waals surface area contributed by atoms with Crippen LogP contribution < -0.4 is 16.4 Å². The Kier molecular flexibility index (Phi) is 7.61. The lowest BCUT2D eigenvalue weighted by Crippen LogP contribution is -2.23. The highest BCUT2D eigenvalue weighted by molar-refractivity contribution is 5.96. The van der Waals surface area contributed by atoms with Crippen LogP contribution in [0.25, 0.3) is 0 Å². The van der Waals surface area contributed by atoms with E-state index >= 15 is 0 Å². The lowest BCUT2D eigenvalue weighted by Gasteiger charge is -2.12.